The number of methoxy groups -OCH3 is 1. The summed E-state index contributed by atoms with van der Waals surface area (Å²) in [4.78, 5) is 19.3. The number of guanidine groups is 1. The molecule has 128 valence electrons. The van der Waals surface area contributed by atoms with Crippen molar-refractivity contribution in [3.63, 3.8) is 0 Å². The first-order chi connectivity index (χ1) is 11.2. The van der Waals surface area contributed by atoms with Crippen molar-refractivity contribution >= 4 is 23.3 Å². The highest BCUT2D eigenvalue weighted by molar-refractivity contribution is 7.10. The maximum Gasteiger partial charge on any atom is 0.307 e. The standard InChI is InChI=1S/C16H26N4O2S/c1-17-16(18-8-7-15(21)22-2)19-12-13(14-6-5-11-23-14)20-9-3-4-10-20/h5-6,11,13H,3-4,7-10,12H2,1-2H3,(H2,17,18,19). The smallest absolute Gasteiger partial charge is 0.307 e. The Morgan fingerprint density at radius 2 is 2.22 bits per heavy atom. The Labute approximate surface area is 141 Å². The minimum atomic E-state index is -0.221. The van der Waals surface area contributed by atoms with Crippen molar-refractivity contribution in [3.05, 3.63) is 22.4 Å². The predicted octanol–water partition coefficient (Wildman–Crippen LogP) is 1.61. The van der Waals surface area contributed by atoms with Gasteiger partial charge in [0.15, 0.2) is 5.96 Å². The van der Waals surface area contributed by atoms with Crippen molar-refractivity contribution in [3.8, 4) is 0 Å². The lowest BCUT2D eigenvalue weighted by Crippen LogP contribution is -2.43. The molecule has 2 heterocycles. The summed E-state index contributed by atoms with van der Waals surface area (Å²) in [6, 6.07) is 4.67. The average Bonchev–Trinajstić information content (AvgIpc) is 3.27. The van der Waals surface area contributed by atoms with Crippen molar-refractivity contribution in [2.75, 3.05) is 40.3 Å². The highest BCUT2D eigenvalue weighted by Crippen LogP contribution is 2.27. The van der Waals surface area contributed by atoms with E-state index in [1.165, 1.54) is 24.8 Å². The molecule has 0 aromatic carbocycles. The van der Waals surface area contributed by atoms with Gasteiger partial charge in [0.25, 0.3) is 0 Å². The quantitative estimate of drug-likeness (QED) is 0.449. The molecule has 23 heavy (non-hydrogen) atoms. The van der Waals surface area contributed by atoms with E-state index in [9.17, 15) is 4.79 Å². The largest absolute Gasteiger partial charge is 0.469 e. The van der Waals surface area contributed by atoms with Gasteiger partial charge < -0.3 is 15.4 Å². The van der Waals surface area contributed by atoms with Gasteiger partial charge in [0, 0.05) is 25.0 Å². The topological polar surface area (TPSA) is 66.0 Å². The summed E-state index contributed by atoms with van der Waals surface area (Å²) >= 11 is 1.80. The third-order valence-corrected chi connectivity index (χ3v) is 4.96. The van der Waals surface area contributed by atoms with Crippen LogP contribution in [0.25, 0.3) is 0 Å². The van der Waals surface area contributed by atoms with Gasteiger partial charge in [-0.3, -0.25) is 14.7 Å². The Bertz CT molecular complexity index is 498. The van der Waals surface area contributed by atoms with Crippen molar-refractivity contribution in [1.82, 2.24) is 15.5 Å². The highest BCUT2D eigenvalue weighted by atomic mass is 32.1. The number of thiophene rings is 1. The summed E-state index contributed by atoms with van der Waals surface area (Å²) in [7, 11) is 3.14. The third kappa shape index (κ3) is 5.51. The van der Waals surface area contributed by atoms with Crippen LogP contribution in [0, 0.1) is 0 Å². The van der Waals surface area contributed by atoms with E-state index in [4.69, 9.17) is 0 Å². The van der Waals surface area contributed by atoms with E-state index < -0.39 is 0 Å². The summed E-state index contributed by atoms with van der Waals surface area (Å²) in [6.07, 6.45) is 2.87. The molecule has 1 aromatic heterocycles. The van der Waals surface area contributed by atoms with Gasteiger partial charge in [-0.2, -0.15) is 0 Å². The molecule has 0 saturated carbocycles. The van der Waals surface area contributed by atoms with Crippen LogP contribution in [0.15, 0.2) is 22.5 Å². The van der Waals surface area contributed by atoms with Crippen molar-refractivity contribution in [2.24, 2.45) is 4.99 Å². The maximum absolute atomic E-state index is 11.1. The lowest BCUT2D eigenvalue weighted by Gasteiger charge is -2.27. The number of rotatable bonds is 7. The first-order valence-corrected chi connectivity index (χ1v) is 8.91. The molecule has 0 spiro atoms. The minimum absolute atomic E-state index is 0.221. The summed E-state index contributed by atoms with van der Waals surface area (Å²) in [5, 5.41) is 8.65. The predicted molar refractivity (Wildman–Crippen MR) is 93.9 cm³/mol. The van der Waals surface area contributed by atoms with E-state index in [1.807, 2.05) is 0 Å². The Hall–Kier alpha value is -1.60. The van der Waals surface area contributed by atoms with Gasteiger partial charge in [0.05, 0.1) is 19.6 Å². The molecule has 1 atom stereocenters. The molecule has 1 saturated heterocycles. The molecular formula is C16H26N4O2S. The fourth-order valence-corrected chi connectivity index (χ4v) is 3.60. The van der Waals surface area contributed by atoms with Crippen molar-refractivity contribution < 1.29 is 9.53 Å². The first-order valence-electron chi connectivity index (χ1n) is 8.03. The number of nitrogens with zero attached hydrogens (tertiary/aromatic N) is 2. The van der Waals surface area contributed by atoms with Crippen LogP contribution in [-0.2, 0) is 9.53 Å². The Morgan fingerprint density at radius 3 is 2.83 bits per heavy atom. The number of ether oxygens (including phenoxy) is 1. The molecule has 1 aromatic rings. The van der Waals surface area contributed by atoms with Crippen molar-refractivity contribution in [2.45, 2.75) is 25.3 Å². The molecule has 1 aliphatic heterocycles. The number of esters is 1. The Balaban J connectivity index is 1.85. The lowest BCUT2D eigenvalue weighted by atomic mass is 10.2. The molecule has 0 radical (unpaired) electrons. The second-order valence-electron chi connectivity index (χ2n) is 5.48. The SMILES string of the molecule is CN=C(NCCC(=O)OC)NCC(c1cccs1)N1CCCC1. The van der Waals surface area contributed by atoms with Crippen molar-refractivity contribution in [1.29, 1.82) is 0 Å². The number of likely N-dealkylation sites (tertiary alicyclic amines) is 1. The summed E-state index contributed by atoms with van der Waals surface area (Å²) in [6.45, 7) is 3.62. The molecule has 0 amide bonds. The van der Waals surface area contributed by atoms with Gasteiger partial charge in [0.1, 0.15) is 0 Å². The zero-order valence-electron chi connectivity index (χ0n) is 13.9. The molecule has 7 heteroatoms. The molecule has 1 fully saturated rings. The number of carbonyl (C=O) groups excluding carboxylic acids is 1. The zero-order valence-corrected chi connectivity index (χ0v) is 14.7. The van der Waals surface area contributed by atoms with Crippen LogP contribution in [0.5, 0.6) is 0 Å². The van der Waals surface area contributed by atoms with E-state index in [1.54, 1.807) is 18.4 Å². The van der Waals surface area contributed by atoms with Crippen LogP contribution in [0.2, 0.25) is 0 Å². The summed E-state index contributed by atoms with van der Waals surface area (Å²) in [5.74, 6) is 0.496. The van der Waals surface area contributed by atoms with Gasteiger partial charge >= 0.3 is 5.97 Å². The fraction of sp³-hybridized carbons (Fsp3) is 0.625. The molecule has 1 unspecified atom stereocenters. The van der Waals surface area contributed by atoms with Crippen LogP contribution in [-0.4, -0.2) is 57.2 Å². The first kappa shape index (κ1) is 17.7. The van der Waals surface area contributed by atoms with Gasteiger partial charge in [-0.1, -0.05) is 6.07 Å². The fourth-order valence-electron chi connectivity index (χ4n) is 2.74. The molecule has 1 aliphatic rings. The minimum Gasteiger partial charge on any atom is -0.469 e. The van der Waals surface area contributed by atoms with Gasteiger partial charge in [-0.25, -0.2) is 0 Å². The Kier molecular flexibility index (Phi) is 7.35. The van der Waals surface area contributed by atoms with E-state index in [-0.39, 0.29) is 5.97 Å². The number of hydrogen-bond donors (Lipinski definition) is 2. The van der Waals surface area contributed by atoms with E-state index in [2.05, 4.69) is 42.8 Å². The second kappa shape index (κ2) is 9.52. The molecule has 0 bridgehead atoms. The van der Waals surface area contributed by atoms with Crippen LogP contribution in [0.1, 0.15) is 30.2 Å². The highest BCUT2D eigenvalue weighted by Gasteiger charge is 2.24. The van der Waals surface area contributed by atoms with E-state index in [0.717, 1.165) is 25.6 Å². The Morgan fingerprint density at radius 1 is 1.43 bits per heavy atom. The van der Waals surface area contributed by atoms with E-state index >= 15 is 0 Å². The second-order valence-corrected chi connectivity index (χ2v) is 6.46. The van der Waals surface area contributed by atoms with Crippen LogP contribution in [0.4, 0.5) is 0 Å². The van der Waals surface area contributed by atoms with E-state index in [0.29, 0.717) is 19.0 Å². The average molecular weight is 338 g/mol. The zero-order chi connectivity index (χ0) is 16.5. The van der Waals surface area contributed by atoms with Crippen LogP contribution < -0.4 is 10.6 Å². The number of carbonyl (C=O) groups is 1. The van der Waals surface area contributed by atoms with Crippen LogP contribution in [0.3, 0.4) is 0 Å². The molecule has 0 aliphatic carbocycles. The number of hydrogen-bond acceptors (Lipinski definition) is 5. The summed E-state index contributed by atoms with van der Waals surface area (Å²) in [5.41, 5.74) is 0. The lowest BCUT2D eigenvalue weighted by molar-refractivity contribution is -0.140. The monoisotopic (exact) mass is 338 g/mol. The van der Waals surface area contributed by atoms with Gasteiger partial charge in [-0.05, 0) is 37.4 Å². The third-order valence-electron chi connectivity index (χ3n) is 3.99. The van der Waals surface area contributed by atoms with Crippen LogP contribution >= 0.6 is 11.3 Å². The molecule has 6 nitrogen and oxygen atoms in total. The number of nitrogens with one attached hydrogen (secondary N) is 2. The van der Waals surface area contributed by atoms with Gasteiger partial charge in [0.2, 0.25) is 0 Å². The normalized spacial score (nSPS) is 17.0. The maximum atomic E-state index is 11.1. The molecular weight excluding hydrogens is 312 g/mol. The number of aliphatic imine (C=N–C) groups is 1. The molecule has 2 N–H and O–H groups in total. The van der Waals surface area contributed by atoms with Gasteiger partial charge in [-0.15, -0.1) is 11.3 Å². The summed E-state index contributed by atoms with van der Waals surface area (Å²) < 4.78 is 4.64. The molecule has 2 rings (SSSR count).